The molecule has 1 unspecified atom stereocenters. The summed E-state index contributed by atoms with van der Waals surface area (Å²) >= 11 is 1.38. The number of hydrogen-bond acceptors (Lipinski definition) is 5. The zero-order chi connectivity index (χ0) is 22.1. The van der Waals surface area contributed by atoms with Crippen LogP contribution in [0.4, 0.5) is 5.69 Å². The van der Waals surface area contributed by atoms with Gasteiger partial charge in [0.2, 0.25) is 5.91 Å². The lowest BCUT2D eigenvalue weighted by Crippen LogP contribution is -2.52. The fraction of sp³-hybridized carbons (Fsp3) is 0.320. The van der Waals surface area contributed by atoms with Crippen molar-refractivity contribution in [2.45, 2.75) is 19.4 Å². The van der Waals surface area contributed by atoms with E-state index in [1.807, 2.05) is 33.4 Å². The van der Waals surface area contributed by atoms with Gasteiger partial charge in [-0.3, -0.25) is 14.5 Å². The Morgan fingerprint density at radius 1 is 1.03 bits per heavy atom. The van der Waals surface area contributed by atoms with Crippen molar-refractivity contribution in [1.82, 2.24) is 14.8 Å². The van der Waals surface area contributed by atoms with Crippen LogP contribution in [-0.4, -0.2) is 65.4 Å². The molecular weight excluding hydrogens is 420 g/mol. The van der Waals surface area contributed by atoms with E-state index in [2.05, 4.69) is 47.1 Å². The highest BCUT2D eigenvalue weighted by Gasteiger charge is 2.36. The molecule has 2 aliphatic rings. The molecule has 7 heteroatoms. The van der Waals surface area contributed by atoms with Gasteiger partial charge in [-0.25, -0.2) is 4.98 Å². The van der Waals surface area contributed by atoms with Gasteiger partial charge in [-0.05, 0) is 35.7 Å². The van der Waals surface area contributed by atoms with Gasteiger partial charge in [-0.15, -0.1) is 11.3 Å². The summed E-state index contributed by atoms with van der Waals surface area (Å²) in [5, 5.41) is 2.38. The monoisotopic (exact) mass is 446 g/mol. The number of hydrogen-bond donors (Lipinski definition) is 0. The first-order valence-corrected chi connectivity index (χ1v) is 11.9. The Morgan fingerprint density at radius 3 is 2.47 bits per heavy atom. The molecule has 5 rings (SSSR count). The molecule has 0 radical (unpaired) electrons. The first-order valence-electron chi connectivity index (χ1n) is 11.0. The van der Waals surface area contributed by atoms with Gasteiger partial charge in [0.05, 0.1) is 0 Å². The molecule has 164 valence electrons. The molecule has 2 aromatic carbocycles. The van der Waals surface area contributed by atoms with Crippen molar-refractivity contribution in [3.63, 3.8) is 0 Å². The predicted octanol–water partition coefficient (Wildman–Crippen LogP) is 3.68. The highest BCUT2D eigenvalue weighted by molar-refractivity contribution is 7.11. The Bertz CT molecular complexity index is 1110. The third-order valence-corrected chi connectivity index (χ3v) is 7.23. The maximum atomic E-state index is 12.8. The maximum Gasteiger partial charge on any atom is 0.282 e. The van der Waals surface area contributed by atoms with Crippen LogP contribution in [-0.2, 0) is 4.79 Å². The fourth-order valence-electron chi connectivity index (χ4n) is 4.66. The molecule has 2 saturated heterocycles. The summed E-state index contributed by atoms with van der Waals surface area (Å²) in [4.78, 5) is 35.6. The van der Waals surface area contributed by atoms with Gasteiger partial charge in [0.25, 0.3) is 5.91 Å². The van der Waals surface area contributed by atoms with Gasteiger partial charge < -0.3 is 9.80 Å². The summed E-state index contributed by atoms with van der Waals surface area (Å²) in [6, 6.07) is 16.8. The van der Waals surface area contributed by atoms with E-state index in [4.69, 9.17) is 0 Å². The van der Waals surface area contributed by atoms with Crippen molar-refractivity contribution in [2.24, 2.45) is 0 Å². The number of aryl methyl sites for hydroxylation is 1. The summed E-state index contributed by atoms with van der Waals surface area (Å²) in [5.74, 6) is 0.178. The van der Waals surface area contributed by atoms with Gasteiger partial charge in [-0.1, -0.05) is 36.4 Å². The van der Waals surface area contributed by atoms with E-state index in [0.29, 0.717) is 31.1 Å². The van der Waals surface area contributed by atoms with E-state index in [1.54, 1.807) is 6.20 Å². The lowest BCUT2D eigenvalue weighted by atomic mass is 10.0. The number of rotatable bonds is 4. The molecule has 32 heavy (non-hydrogen) atoms. The van der Waals surface area contributed by atoms with E-state index < -0.39 is 0 Å². The highest BCUT2D eigenvalue weighted by atomic mass is 32.1. The minimum atomic E-state index is 0.0116. The largest absolute Gasteiger partial charge is 0.334 e. The Hall–Kier alpha value is -3.03. The van der Waals surface area contributed by atoms with E-state index in [1.165, 1.54) is 22.5 Å². The average Bonchev–Trinajstić information content (AvgIpc) is 3.50. The second-order valence-corrected chi connectivity index (χ2v) is 9.28. The van der Waals surface area contributed by atoms with Crippen molar-refractivity contribution in [1.29, 1.82) is 0 Å². The molecule has 0 bridgehead atoms. The first-order chi connectivity index (χ1) is 15.6. The molecule has 0 spiro atoms. The van der Waals surface area contributed by atoms with Crippen molar-refractivity contribution in [3.8, 4) is 11.1 Å². The quantitative estimate of drug-likeness (QED) is 0.614. The Labute approximate surface area is 192 Å². The van der Waals surface area contributed by atoms with Crippen LogP contribution in [0.15, 0.2) is 60.1 Å². The minimum Gasteiger partial charge on any atom is -0.334 e. The fourth-order valence-corrected chi connectivity index (χ4v) is 5.26. The zero-order valence-electron chi connectivity index (χ0n) is 18.1. The number of amides is 2. The molecule has 2 fully saturated rings. The summed E-state index contributed by atoms with van der Waals surface area (Å²) in [7, 11) is 0. The molecule has 6 nitrogen and oxygen atoms in total. The molecule has 1 atom stereocenters. The normalized spacial score (nSPS) is 19.5. The summed E-state index contributed by atoms with van der Waals surface area (Å²) in [6.45, 7) is 5.73. The van der Waals surface area contributed by atoms with Gasteiger partial charge in [-0.2, -0.15) is 0 Å². The third kappa shape index (κ3) is 4.06. The lowest BCUT2D eigenvalue weighted by molar-refractivity contribution is -0.117. The van der Waals surface area contributed by atoms with Crippen molar-refractivity contribution >= 4 is 28.8 Å². The Kier molecular flexibility index (Phi) is 5.76. The number of benzene rings is 2. The van der Waals surface area contributed by atoms with Crippen LogP contribution in [0.5, 0.6) is 0 Å². The zero-order valence-corrected chi connectivity index (χ0v) is 18.9. The van der Waals surface area contributed by atoms with Crippen molar-refractivity contribution in [3.05, 3.63) is 70.7 Å². The second-order valence-electron chi connectivity index (χ2n) is 8.39. The Balaban J connectivity index is 1.21. The number of aromatic nitrogens is 1. The molecule has 2 amide bonds. The third-order valence-electron chi connectivity index (χ3n) is 6.47. The van der Waals surface area contributed by atoms with Crippen LogP contribution in [0.1, 0.15) is 21.8 Å². The minimum absolute atomic E-state index is 0.0116. The number of nitrogens with zero attached hydrogens (tertiary/aromatic N) is 4. The van der Waals surface area contributed by atoms with Crippen LogP contribution in [0.2, 0.25) is 0 Å². The van der Waals surface area contributed by atoms with Crippen molar-refractivity contribution in [2.75, 3.05) is 37.6 Å². The molecule has 0 aliphatic carbocycles. The van der Waals surface area contributed by atoms with Crippen LogP contribution < -0.4 is 4.90 Å². The standard InChI is InChI=1S/C25H26N4O2S/c1-18-4-2-3-5-22(18)19-6-8-20(9-7-19)29-17-21(16-23(29)30)27-11-13-28(14-12-27)25(31)24-26-10-15-32-24/h2-10,15,21H,11-14,16-17H2,1H3. The van der Waals surface area contributed by atoms with Gasteiger partial charge in [0.15, 0.2) is 5.01 Å². The van der Waals surface area contributed by atoms with E-state index >= 15 is 0 Å². The summed E-state index contributed by atoms with van der Waals surface area (Å²) < 4.78 is 0. The summed E-state index contributed by atoms with van der Waals surface area (Å²) in [5.41, 5.74) is 4.57. The molecule has 0 N–H and O–H groups in total. The predicted molar refractivity (Wildman–Crippen MR) is 127 cm³/mol. The van der Waals surface area contributed by atoms with Crippen LogP contribution in [0.3, 0.4) is 0 Å². The summed E-state index contributed by atoms with van der Waals surface area (Å²) in [6.07, 6.45) is 2.19. The second kappa shape index (κ2) is 8.84. The number of piperazine rings is 1. The number of anilines is 1. The molecule has 2 aliphatic heterocycles. The SMILES string of the molecule is Cc1ccccc1-c1ccc(N2CC(N3CCN(C(=O)c4nccs4)CC3)CC2=O)cc1. The van der Waals surface area contributed by atoms with Crippen molar-refractivity contribution < 1.29 is 9.59 Å². The maximum absolute atomic E-state index is 12.8. The van der Waals surface area contributed by atoms with Gasteiger partial charge in [0, 0.05) is 62.5 Å². The number of thiazole rings is 1. The molecule has 3 aromatic rings. The van der Waals surface area contributed by atoms with Gasteiger partial charge >= 0.3 is 0 Å². The van der Waals surface area contributed by atoms with Crippen LogP contribution >= 0.6 is 11.3 Å². The molecule has 3 heterocycles. The van der Waals surface area contributed by atoms with Crippen LogP contribution in [0.25, 0.3) is 11.1 Å². The lowest BCUT2D eigenvalue weighted by Gasteiger charge is -2.37. The topological polar surface area (TPSA) is 56.8 Å². The van der Waals surface area contributed by atoms with Crippen LogP contribution in [0, 0.1) is 6.92 Å². The first kappa shape index (κ1) is 20.8. The molecular formula is C25H26N4O2S. The van der Waals surface area contributed by atoms with E-state index in [-0.39, 0.29) is 17.9 Å². The smallest absolute Gasteiger partial charge is 0.282 e. The van der Waals surface area contributed by atoms with E-state index in [9.17, 15) is 9.59 Å². The average molecular weight is 447 g/mol. The number of carbonyl (C=O) groups excluding carboxylic acids is 2. The highest BCUT2D eigenvalue weighted by Crippen LogP contribution is 2.29. The Morgan fingerprint density at radius 2 is 1.78 bits per heavy atom. The van der Waals surface area contributed by atoms with E-state index in [0.717, 1.165) is 24.3 Å². The number of carbonyl (C=O) groups is 2. The molecule has 0 saturated carbocycles. The van der Waals surface area contributed by atoms with Gasteiger partial charge in [0.1, 0.15) is 0 Å². The molecule has 1 aromatic heterocycles.